The van der Waals surface area contributed by atoms with Gasteiger partial charge in [-0.05, 0) is 32.4 Å². The highest BCUT2D eigenvalue weighted by atomic mass is 16.6. The molecule has 0 atom stereocenters. The first kappa shape index (κ1) is 15.9. The molecule has 0 saturated heterocycles. The van der Waals surface area contributed by atoms with Crippen LogP contribution in [-0.2, 0) is 0 Å². The number of amides is 1. The SMILES string of the molecule is CCCNc1ccc(C(=O)N(C)C(C)C)cc1[N+](=O)[O-]. The first-order chi connectivity index (χ1) is 9.38. The lowest BCUT2D eigenvalue weighted by molar-refractivity contribution is -0.384. The third-order valence-corrected chi connectivity index (χ3v) is 3.10. The van der Waals surface area contributed by atoms with Crippen LogP contribution >= 0.6 is 0 Å². The maximum absolute atomic E-state index is 12.2. The van der Waals surface area contributed by atoms with Gasteiger partial charge in [-0.2, -0.15) is 0 Å². The number of nitro groups is 1. The van der Waals surface area contributed by atoms with Crippen LogP contribution in [0.15, 0.2) is 18.2 Å². The monoisotopic (exact) mass is 279 g/mol. The van der Waals surface area contributed by atoms with Crippen molar-refractivity contribution in [1.29, 1.82) is 0 Å². The van der Waals surface area contributed by atoms with E-state index in [2.05, 4.69) is 5.32 Å². The summed E-state index contributed by atoms with van der Waals surface area (Å²) in [6.45, 7) is 6.42. The first-order valence-corrected chi connectivity index (χ1v) is 6.68. The van der Waals surface area contributed by atoms with Crippen LogP contribution in [0.2, 0.25) is 0 Å². The molecule has 0 unspecified atom stereocenters. The molecule has 0 aliphatic carbocycles. The average Bonchev–Trinajstić information content (AvgIpc) is 2.43. The van der Waals surface area contributed by atoms with E-state index in [4.69, 9.17) is 0 Å². The quantitative estimate of drug-likeness (QED) is 0.641. The fraction of sp³-hybridized carbons (Fsp3) is 0.500. The van der Waals surface area contributed by atoms with Gasteiger partial charge in [0.2, 0.25) is 0 Å². The number of carbonyl (C=O) groups excluding carboxylic acids is 1. The minimum Gasteiger partial charge on any atom is -0.380 e. The molecule has 1 aromatic rings. The molecule has 0 aromatic heterocycles. The van der Waals surface area contributed by atoms with Crippen molar-refractivity contribution in [3.63, 3.8) is 0 Å². The minimum absolute atomic E-state index is 0.0412. The number of nitro benzene ring substituents is 1. The van der Waals surface area contributed by atoms with Gasteiger partial charge in [0.1, 0.15) is 5.69 Å². The van der Waals surface area contributed by atoms with E-state index in [-0.39, 0.29) is 17.6 Å². The number of carbonyl (C=O) groups is 1. The van der Waals surface area contributed by atoms with Gasteiger partial charge in [-0.25, -0.2) is 0 Å². The number of anilines is 1. The number of nitrogens with zero attached hydrogens (tertiary/aromatic N) is 2. The number of hydrogen-bond donors (Lipinski definition) is 1. The Morgan fingerprint density at radius 3 is 2.60 bits per heavy atom. The summed E-state index contributed by atoms with van der Waals surface area (Å²) in [6.07, 6.45) is 0.869. The zero-order chi connectivity index (χ0) is 15.3. The number of rotatable bonds is 6. The molecule has 1 rings (SSSR count). The van der Waals surface area contributed by atoms with Gasteiger partial charge in [-0.15, -0.1) is 0 Å². The number of hydrogen-bond acceptors (Lipinski definition) is 4. The van der Waals surface area contributed by atoms with Crippen molar-refractivity contribution in [2.24, 2.45) is 0 Å². The summed E-state index contributed by atoms with van der Waals surface area (Å²) in [6, 6.07) is 4.58. The lowest BCUT2D eigenvalue weighted by Gasteiger charge is -2.21. The van der Waals surface area contributed by atoms with Crippen molar-refractivity contribution in [3.05, 3.63) is 33.9 Å². The van der Waals surface area contributed by atoms with E-state index in [1.165, 1.54) is 6.07 Å². The third-order valence-electron chi connectivity index (χ3n) is 3.10. The van der Waals surface area contributed by atoms with Gasteiger partial charge >= 0.3 is 0 Å². The fourth-order valence-electron chi connectivity index (χ4n) is 1.66. The van der Waals surface area contributed by atoms with E-state index in [1.54, 1.807) is 24.1 Å². The highest BCUT2D eigenvalue weighted by Crippen LogP contribution is 2.26. The Labute approximate surface area is 118 Å². The Morgan fingerprint density at radius 2 is 2.10 bits per heavy atom. The van der Waals surface area contributed by atoms with E-state index in [1.807, 2.05) is 20.8 Å². The summed E-state index contributed by atoms with van der Waals surface area (Å²) < 4.78 is 0. The van der Waals surface area contributed by atoms with Crippen molar-refractivity contribution in [2.45, 2.75) is 33.2 Å². The summed E-state index contributed by atoms with van der Waals surface area (Å²) in [5.41, 5.74) is 0.706. The molecule has 6 nitrogen and oxygen atoms in total. The van der Waals surface area contributed by atoms with E-state index in [9.17, 15) is 14.9 Å². The highest BCUT2D eigenvalue weighted by Gasteiger charge is 2.20. The Balaban J connectivity index is 3.10. The molecule has 0 aliphatic heterocycles. The lowest BCUT2D eigenvalue weighted by atomic mass is 10.1. The predicted molar refractivity (Wildman–Crippen MR) is 79.1 cm³/mol. The summed E-state index contributed by atoms with van der Waals surface area (Å²) in [5.74, 6) is -0.217. The minimum atomic E-state index is -0.468. The summed E-state index contributed by atoms with van der Waals surface area (Å²) in [5, 5.41) is 14.1. The normalized spacial score (nSPS) is 10.4. The molecule has 1 N–H and O–H groups in total. The predicted octanol–water partition coefficient (Wildman–Crippen LogP) is 2.90. The van der Waals surface area contributed by atoms with Gasteiger partial charge < -0.3 is 10.2 Å². The second kappa shape index (κ2) is 6.88. The number of benzene rings is 1. The average molecular weight is 279 g/mol. The Bertz CT molecular complexity index is 500. The van der Waals surface area contributed by atoms with Crippen LogP contribution in [0.5, 0.6) is 0 Å². The topological polar surface area (TPSA) is 75.5 Å². The molecule has 110 valence electrons. The van der Waals surface area contributed by atoms with E-state index < -0.39 is 4.92 Å². The van der Waals surface area contributed by atoms with Crippen LogP contribution in [0, 0.1) is 10.1 Å². The van der Waals surface area contributed by atoms with Crippen LogP contribution in [0.1, 0.15) is 37.6 Å². The van der Waals surface area contributed by atoms with Gasteiger partial charge in [0.25, 0.3) is 11.6 Å². The van der Waals surface area contributed by atoms with Gasteiger partial charge in [0.05, 0.1) is 4.92 Å². The molecular formula is C14H21N3O3. The van der Waals surface area contributed by atoms with Gasteiger partial charge in [-0.1, -0.05) is 6.92 Å². The van der Waals surface area contributed by atoms with Crippen LogP contribution in [0.3, 0.4) is 0 Å². The molecule has 1 amide bonds. The molecule has 0 heterocycles. The smallest absolute Gasteiger partial charge is 0.293 e. The van der Waals surface area contributed by atoms with Crippen LogP contribution in [-0.4, -0.2) is 35.4 Å². The molecule has 0 fully saturated rings. The Morgan fingerprint density at radius 1 is 1.45 bits per heavy atom. The van der Waals surface area contributed by atoms with Crippen LogP contribution in [0.25, 0.3) is 0 Å². The molecule has 0 radical (unpaired) electrons. The second-order valence-electron chi connectivity index (χ2n) is 4.93. The third kappa shape index (κ3) is 3.69. The van der Waals surface area contributed by atoms with Crippen molar-refractivity contribution in [1.82, 2.24) is 4.90 Å². The Hall–Kier alpha value is -2.11. The van der Waals surface area contributed by atoms with E-state index >= 15 is 0 Å². The van der Waals surface area contributed by atoms with E-state index in [0.717, 1.165) is 6.42 Å². The Kier molecular flexibility index (Phi) is 5.49. The van der Waals surface area contributed by atoms with E-state index in [0.29, 0.717) is 17.8 Å². The van der Waals surface area contributed by atoms with Gasteiger partial charge in [0.15, 0.2) is 0 Å². The van der Waals surface area contributed by atoms with Crippen molar-refractivity contribution >= 4 is 17.3 Å². The maximum atomic E-state index is 12.2. The van der Waals surface area contributed by atoms with Gasteiger partial charge in [0, 0.05) is 31.3 Å². The zero-order valence-electron chi connectivity index (χ0n) is 12.3. The zero-order valence-corrected chi connectivity index (χ0v) is 12.3. The molecule has 0 aliphatic rings. The highest BCUT2D eigenvalue weighted by molar-refractivity contribution is 5.95. The summed E-state index contributed by atoms with van der Waals surface area (Å²) in [4.78, 5) is 24.4. The van der Waals surface area contributed by atoms with Crippen LogP contribution < -0.4 is 5.32 Å². The largest absolute Gasteiger partial charge is 0.380 e. The summed E-state index contributed by atoms with van der Waals surface area (Å²) in [7, 11) is 1.68. The number of nitrogens with one attached hydrogen (secondary N) is 1. The fourth-order valence-corrected chi connectivity index (χ4v) is 1.66. The molecule has 20 heavy (non-hydrogen) atoms. The van der Waals surface area contributed by atoms with Crippen molar-refractivity contribution in [3.8, 4) is 0 Å². The van der Waals surface area contributed by atoms with Gasteiger partial charge in [-0.3, -0.25) is 14.9 Å². The summed E-state index contributed by atoms with van der Waals surface area (Å²) >= 11 is 0. The molecule has 0 saturated carbocycles. The molecule has 0 spiro atoms. The van der Waals surface area contributed by atoms with Crippen molar-refractivity contribution < 1.29 is 9.72 Å². The van der Waals surface area contributed by atoms with Crippen molar-refractivity contribution in [2.75, 3.05) is 18.9 Å². The maximum Gasteiger partial charge on any atom is 0.293 e. The standard InChI is InChI=1S/C14H21N3O3/c1-5-8-15-12-7-6-11(9-13(12)17(19)20)14(18)16(4)10(2)3/h6-7,9-10,15H,5,8H2,1-4H3. The molecule has 6 heteroatoms. The second-order valence-corrected chi connectivity index (χ2v) is 4.93. The molecular weight excluding hydrogens is 258 g/mol. The molecule has 1 aromatic carbocycles. The molecule has 0 bridgehead atoms. The lowest BCUT2D eigenvalue weighted by Crippen LogP contribution is -2.33. The first-order valence-electron chi connectivity index (χ1n) is 6.68. The van der Waals surface area contributed by atoms with Crippen LogP contribution in [0.4, 0.5) is 11.4 Å².